The number of hydrogen-bond donors (Lipinski definition) is 1. The van der Waals surface area contributed by atoms with Crippen molar-refractivity contribution in [3.05, 3.63) is 53.6 Å². The minimum Gasteiger partial charge on any atom is -0.481 e. The van der Waals surface area contributed by atoms with E-state index in [2.05, 4.69) is 6.07 Å². The molecule has 0 radical (unpaired) electrons. The molecule has 104 valence electrons. The molecule has 5 heteroatoms. The first-order chi connectivity index (χ1) is 10.2. The zero-order chi connectivity index (χ0) is 14.8. The highest BCUT2D eigenvalue weighted by atomic mass is 16.5. The van der Waals surface area contributed by atoms with Crippen LogP contribution in [-0.2, 0) is 11.3 Å². The van der Waals surface area contributed by atoms with Crippen LogP contribution >= 0.6 is 0 Å². The van der Waals surface area contributed by atoms with E-state index in [9.17, 15) is 4.79 Å². The molecule has 2 N–H and O–H groups in total. The Hall–Kier alpha value is -3.00. The lowest BCUT2D eigenvalue weighted by molar-refractivity contribution is -0.121. The fourth-order valence-corrected chi connectivity index (χ4v) is 2.39. The molecular formula is C16H13N3O2. The summed E-state index contributed by atoms with van der Waals surface area (Å²) >= 11 is 0. The summed E-state index contributed by atoms with van der Waals surface area (Å²) in [5.41, 5.74) is 8.36. The molecule has 0 atom stereocenters. The molecule has 0 aliphatic carbocycles. The van der Waals surface area contributed by atoms with Crippen molar-refractivity contribution in [2.75, 3.05) is 17.2 Å². The maximum atomic E-state index is 12.2. The number of nitrogens with zero attached hydrogens (tertiary/aromatic N) is 2. The highest BCUT2D eigenvalue weighted by Crippen LogP contribution is 2.38. The lowest BCUT2D eigenvalue weighted by Crippen LogP contribution is -2.38. The molecule has 1 aliphatic heterocycles. The topological polar surface area (TPSA) is 79.3 Å². The fourth-order valence-electron chi connectivity index (χ4n) is 2.39. The fraction of sp³-hybridized carbons (Fsp3) is 0.125. The predicted molar refractivity (Wildman–Crippen MR) is 78.7 cm³/mol. The van der Waals surface area contributed by atoms with Crippen molar-refractivity contribution in [3.63, 3.8) is 0 Å². The van der Waals surface area contributed by atoms with Gasteiger partial charge in [-0.15, -0.1) is 0 Å². The third-order valence-corrected chi connectivity index (χ3v) is 3.42. The normalized spacial score (nSPS) is 13.3. The van der Waals surface area contributed by atoms with Gasteiger partial charge in [-0.2, -0.15) is 5.26 Å². The van der Waals surface area contributed by atoms with Crippen molar-refractivity contribution in [1.29, 1.82) is 5.26 Å². The third kappa shape index (κ3) is 2.28. The van der Waals surface area contributed by atoms with E-state index in [0.717, 1.165) is 5.56 Å². The number of anilines is 2. The lowest BCUT2D eigenvalue weighted by Gasteiger charge is -2.30. The quantitative estimate of drug-likeness (QED) is 0.853. The molecule has 0 aromatic heterocycles. The zero-order valence-corrected chi connectivity index (χ0v) is 11.2. The summed E-state index contributed by atoms with van der Waals surface area (Å²) in [7, 11) is 0. The first-order valence-electron chi connectivity index (χ1n) is 6.50. The molecule has 0 spiro atoms. The average Bonchev–Trinajstić information content (AvgIpc) is 2.51. The van der Waals surface area contributed by atoms with Gasteiger partial charge in [0, 0.05) is 0 Å². The number of amides is 1. The van der Waals surface area contributed by atoms with Gasteiger partial charge in [0.05, 0.1) is 23.9 Å². The van der Waals surface area contributed by atoms with Crippen molar-refractivity contribution in [2.45, 2.75) is 6.54 Å². The van der Waals surface area contributed by atoms with Crippen LogP contribution < -0.4 is 15.4 Å². The Labute approximate surface area is 122 Å². The predicted octanol–water partition coefficient (Wildman–Crippen LogP) is 2.07. The summed E-state index contributed by atoms with van der Waals surface area (Å²) in [4.78, 5) is 13.7. The van der Waals surface area contributed by atoms with Gasteiger partial charge in [0.2, 0.25) is 0 Å². The summed E-state index contributed by atoms with van der Waals surface area (Å²) in [6.45, 7) is 0.276. The van der Waals surface area contributed by atoms with Crippen LogP contribution in [0.1, 0.15) is 11.1 Å². The van der Waals surface area contributed by atoms with E-state index in [0.29, 0.717) is 29.2 Å². The molecule has 0 saturated carbocycles. The average molecular weight is 279 g/mol. The number of nitrogens with two attached hydrogens (primary N) is 1. The number of fused-ring (bicyclic) bond motifs is 1. The van der Waals surface area contributed by atoms with Gasteiger partial charge in [0.15, 0.2) is 6.61 Å². The maximum absolute atomic E-state index is 12.2. The van der Waals surface area contributed by atoms with Gasteiger partial charge in [-0.05, 0) is 23.8 Å². The molecule has 0 unspecified atom stereocenters. The minimum atomic E-state index is -0.173. The van der Waals surface area contributed by atoms with Crippen LogP contribution in [0.15, 0.2) is 42.5 Å². The Balaban J connectivity index is 2.03. The second-order valence-corrected chi connectivity index (χ2v) is 4.73. The molecule has 21 heavy (non-hydrogen) atoms. The van der Waals surface area contributed by atoms with Crippen molar-refractivity contribution in [1.82, 2.24) is 0 Å². The largest absolute Gasteiger partial charge is 0.481 e. The molecule has 2 aromatic rings. The highest BCUT2D eigenvalue weighted by molar-refractivity contribution is 6.01. The number of ether oxygens (including phenoxy) is 1. The highest BCUT2D eigenvalue weighted by Gasteiger charge is 2.27. The molecule has 5 nitrogen and oxygen atoms in total. The summed E-state index contributed by atoms with van der Waals surface area (Å²) in [6, 6.07) is 14.6. The molecule has 1 heterocycles. The van der Waals surface area contributed by atoms with Gasteiger partial charge in [-0.1, -0.05) is 24.3 Å². The van der Waals surface area contributed by atoms with E-state index in [-0.39, 0.29) is 12.5 Å². The summed E-state index contributed by atoms with van der Waals surface area (Å²) in [5.74, 6) is 0.414. The van der Waals surface area contributed by atoms with E-state index in [1.807, 2.05) is 12.1 Å². The lowest BCUT2D eigenvalue weighted by atomic mass is 10.1. The standard InChI is InChI=1S/C16H13N3O2/c17-8-11-4-1-2-5-12(11)9-19-15(20)10-21-14-7-3-6-13(18)16(14)19/h1-7H,9-10,18H2. The van der Waals surface area contributed by atoms with Crippen LogP contribution in [0.2, 0.25) is 0 Å². The number of rotatable bonds is 2. The van der Waals surface area contributed by atoms with E-state index in [1.54, 1.807) is 35.2 Å². The van der Waals surface area contributed by atoms with Gasteiger partial charge in [-0.25, -0.2) is 0 Å². The number of benzene rings is 2. The molecule has 0 saturated heterocycles. The number of nitriles is 1. The third-order valence-electron chi connectivity index (χ3n) is 3.42. The Morgan fingerprint density at radius 2 is 2.05 bits per heavy atom. The van der Waals surface area contributed by atoms with Gasteiger partial charge >= 0.3 is 0 Å². The van der Waals surface area contributed by atoms with Crippen molar-refractivity contribution in [2.24, 2.45) is 0 Å². The van der Waals surface area contributed by atoms with Crippen molar-refractivity contribution in [3.8, 4) is 11.8 Å². The van der Waals surface area contributed by atoms with Gasteiger partial charge in [0.1, 0.15) is 11.4 Å². The number of carbonyl (C=O) groups excluding carboxylic acids is 1. The summed E-state index contributed by atoms with van der Waals surface area (Å²) in [5, 5.41) is 9.16. The molecule has 0 bridgehead atoms. The van der Waals surface area contributed by atoms with E-state index in [1.165, 1.54) is 0 Å². The molecular weight excluding hydrogens is 266 g/mol. The maximum Gasteiger partial charge on any atom is 0.265 e. The monoisotopic (exact) mass is 279 g/mol. The number of hydrogen-bond acceptors (Lipinski definition) is 4. The minimum absolute atomic E-state index is 0.0226. The van der Waals surface area contributed by atoms with E-state index in [4.69, 9.17) is 15.7 Å². The van der Waals surface area contributed by atoms with Crippen LogP contribution in [0.3, 0.4) is 0 Å². The second kappa shape index (κ2) is 5.17. The van der Waals surface area contributed by atoms with E-state index < -0.39 is 0 Å². The Kier molecular flexibility index (Phi) is 3.20. The first-order valence-corrected chi connectivity index (χ1v) is 6.50. The van der Waals surface area contributed by atoms with Crippen LogP contribution in [0.25, 0.3) is 0 Å². The Bertz CT molecular complexity index is 749. The van der Waals surface area contributed by atoms with Crippen LogP contribution in [0.5, 0.6) is 5.75 Å². The van der Waals surface area contributed by atoms with Gasteiger partial charge in [0.25, 0.3) is 5.91 Å². The SMILES string of the molecule is N#Cc1ccccc1CN1C(=O)COc2cccc(N)c21. The van der Waals surface area contributed by atoms with Gasteiger partial charge < -0.3 is 10.5 Å². The van der Waals surface area contributed by atoms with Gasteiger partial charge in [-0.3, -0.25) is 9.69 Å². The zero-order valence-electron chi connectivity index (χ0n) is 11.2. The van der Waals surface area contributed by atoms with Crippen LogP contribution in [0, 0.1) is 11.3 Å². The first kappa shape index (κ1) is 13.0. The second-order valence-electron chi connectivity index (χ2n) is 4.73. The van der Waals surface area contributed by atoms with Crippen molar-refractivity contribution >= 4 is 17.3 Å². The molecule has 1 aliphatic rings. The van der Waals surface area contributed by atoms with Crippen LogP contribution in [0.4, 0.5) is 11.4 Å². The Morgan fingerprint density at radius 1 is 1.24 bits per heavy atom. The number of nitrogen functional groups attached to an aromatic ring is 1. The smallest absolute Gasteiger partial charge is 0.265 e. The Morgan fingerprint density at radius 3 is 2.86 bits per heavy atom. The number of para-hydroxylation sites is 1. The number of carbonyl (C=O) groups is 1. The molecule has 0 fully saturated rings. The van der Waals surface area contributed by atoms with Crippen molar-refractivity contribution < 1.29 is 9.53 Å². The molecule has 2 aromatic carbocycles. The summed E-state index contributed by atoms with van der Waals surface area (Å²) in [6.07, 6.45) is 0. The van der Waals surface area contributed by atoms with E-state index >= 15 is 0 Å². The molecule has 3 rings (SSSR count). The van der Waals surface area contributed by atoms with Crippen LogP contribution in [-0.4, -0.2) is 12.5 Å². The summed E-state index contributed by atoms with van der Waals surface area (Å²) < 4.78 is 5.40. The molecule has 1 amide bonds.